The third-order valence-corrected chi connectivity index (χ3v) is 3.91. The molecular weight excluding hydrogens is 370 g/mol. The van der Waals surface area contributed by atoms with Crippen molar-refractivity contribution in [3.63, 3.8) is 0 Å². The maximum absolute atomic E-state index is 11.8. The van der Waals surface area contributed by atoms with Gasteiger partial charge in [-0.25, -0.2) is 19.0 Å². The van der Waals surface area contributed by atoms with Crippen LogP contribution >= 0.6 is 0 Å². The minimum atomic E-state index is -0.548. The fraction of sp³-hybridized carbons (Fsp3) is 0. The van der Waals surface area contributed by atoms with E-state index in [1.165, 1.54) is 33.8 Å². The molecule has 15 heteroatoms. The summed E-state index contributed by atoms with van der Waals surface area (Å²) < 4.78 is 2.63. The average molecular weight is 379 g/mol. The Labute approximate surface area is 153 Å². The number of aromatic nitrogens is 10. The molecule has 0 radical (unpaired) electrons. The number of anilines is 2. The summed E-state index contributed by atoms with van der Waals surface area (Å²) >= 11 is 0. The average Bonchev–Trinajstić information content (AvgIpc) is 3.33. The highest BCUT2D eigenvalue weighted by Crippen LogP contribution is 2.36. The van der Waals surface area contributed by atoms with E-state index in [1.54, 1.807) is 0 Å². The van der Waals surface area contributed by atoms with Crippen LogP contribution in [0.4, 0.5) is 17.6 Å². The van der Waals surface area contributed by atoms with E-state index in [2.05, 4.69) is 40.3 Å². The van der Waals surface area contributed by atoms with Gasteiger partial charge in [-0.2, -0.15) is 15.1 Å². The Bertz CT molecular complexity index is 1280. The van der Waals surface area contributed by atoms with Crippen molar-refractivity contribution >= 4 is 29.1 Å². The van der Waals surface area contributed by atoms with Crippen LogP contribution in [0.2, 0.25) is 0 Å². The first-order valence-electron chi connectivity index (χ1n) is 7.69. The predicted octanol–water partition coefficient (Wildman–Crippen LogP) is -0.308. The summed E-state index contributed by atoms with van der Waals surface area (Å²) in [7, 11) is 0. The summed E-state index contributed by atoms with van der Waals surface area (Å²) in [5.74, 6) is 0.601. The van der Waals surface area contributed by atoms with Gasteiger partial charge in [0.05, 0.1) is 4.92 Å². The number of nitrogens with one attached hydrogen (secondary N) is 1. The molecule has 0 saturated heterocycles. The number of rotatable bonds is 3. The zero-order valence-electron chi connectivity index (χ0n) is 13.8. The Kier molecular flexibility index (Phi) is 3.00. The van der Waals surface area contributed by atoms with E-state index in [4.69, 9.17) is 11.5 Å². The van der Waals surface area contributed by atoms with Crippen molar-refractivity contribution in [3.8, 4) is 22.5 Å². The lowest BCUT2D eigenvalue weighted by molar-refractivity contribution is -0.383. The molecular formula is C13H9N13O2. The lowest BCUT2D eigenvalue weighted by Gasteiger charge is -2.00. The fourth-order valence-electron chi connectivity index (χ4n) is 2.76. The minimum Gasteiger partial charge on any atom is -0.366 e. The van der Waals surface area contributed by atoms with E-state index in [0.717, 1.165) is 0 Å². The highest BCUT2D eigenvalue weighted by Gasteiger charge is 2.28. The molecule has 0 aliphatic carbocycles. The van der Waals surface area contributed by atoms with Crippen LogP contribution in [-0.4, -0.2) is 54.3 Å². The molecule has 15 nitrogen and oxygen atoms in total. The Morgan fingerprint density at radius 1 is 0.964 bits per heavy atom. The molecule has 0 aliphatic heterocycles. The van der Waals surface area contributed by atoms with Gasteiger partial charge in [-0.1, -0.05) is 0 Å². The summed E-state index contributed by atoms with van der Waals surface area (Å²) in [4.78, 5) is 27.2. The summed E-state index contributed by atoms with van der Waals surface area (Å²) in [6, 6.07) is 0. The van der Waals surface area contributed by atoms with Gasteiger partial charge in [0.15, 0.2) is 5.69 Å². The number of nitro groups is 1. The van der Waals surface area contributed by atoms with Crippen LogP contribution in [0.1, 0.15) is 0 Å². The van der Waals surface area contributed by atoms with Crippen LogP contribution < -0.4 is 11.5 Å². The number of nitrogens with two attached hydrogens (primary N) is 2. The molecule has 0 bridgehead atoms. The second kappa shape index (κ2) is 5.40. The van der Waals surface area contributed by atoms with Gasteiger partial charge in [0.25, 0.3) is 11.6 Å². The molecule has 0 unspecified atom stereocenters. The number of H-pyrrole nitrogens is 1. The van der Waals surface area contributed by atoms with Gasteiger partial charge in [-0.15, -0.1) is 10.2 Å². The fourth-order valence-corrected chi connectivity index (χ4v) is 2.76. The molecule has 5 rings (SSSR count). The summed E-state index contributed by atoms with van der Waals surface area (Å²) in [6.07, 6.45) is 5.82. The van der Waals surface area contributed by atoms with Crippen LogP contribution in [0.5, 0.6) is 0 Å². The number of fused-ring (bicyclic) bond motifs is 2. The van der Waals surface area contributed by atoms with E-state index in [1.807, 2.05) is 0 Å². The Hall–Kier alpha value is -4.69. The number of nitrogens with zero attached hydrogens (tertiary/aromatic N) is 10. The van der Waals surface area contributed by atoms with Gasteiger partial charge < -0.3 is 11.5 Å². The Morgan fingerprint density at radius 3 is 2.14 bits per heavy atom. The summed E-state index contributed by atoms with van der Waals surface area (Å²) in [5.41, 5.74) is 11.8. The van der Waals surface area contributed by atoms with Gasteiger partial charge in [0, 0.05) is 35.9 Å². The molecule has 0 atom stereocenters. The van der Waals surface area contributed by atoms with Crippen molar-refractivity contribution in [3.05, 3.63) is 34.9 Å². The molecule has 0 aromatic carbocycles. The standard InChI is InChI=1S/C13H9N13O2/c14-10-18-12-16-1-5(3-24(12)22-10)7-9(26(27)28)8(21-20-7)6-2-17-13-19-11(15)23-25(13)4-6/h1-4H,(H2,14,22)(H2,15,23)(H,20,21). The summed E-state index contributed by atoms with van der Waals surface area (Å²) in [6.45, 7) is 0. The quantitative estimate of drug-likeness (QED) is 0.273. The van der Waals surface area contributed by atoms with Gasteiger partial charge in [0.1, 0.15) is 5.69 Å². The summed E-state index contributed by atoms with van der Waals surface area (Å²) in [5, 5.41) is 26.4. The monoisotopic (exact) mass is 379 g/mol. The van der Waals surface area contributed by atoms with E-state index in [9.17, 15) is 10.1 Å². The lowest BCUT2D eigenvalue weighted by Crippen LogP contribution is -1.97. The minimum absolute atomic E-state index is 0.0355. The van der Waals surface area contributed by atoms with Gasteiger partial charge in [0.2, 0.25) is 11.9 Å². The Morgan fingerprint density at radius 2 is 1.54 bits per heavy atom. The number of nitrogen functional groups attached to an aromatic ring is 2. The topological polar surface area (TPSA) is 210 Å². The maximum atomic E-state index is 11.8. The smallest absolute Gasteiger partial charge is 0.322 e. The van der Waals surface area contributed by atoms with Crippen LogP contribution in [0.3, 0.4) is 0 Å². The van der Waals surface area contributed by atoms with Crippen LogP contribution in [0, 0.1) is 10.1 Å². The molecule has 0 aliphatic rings. The first kappa shape index (κ1) is 15.6. The van der Waals surface area contributed by atoms with Gasteiger partial charge >= 0.3 is 5.69 Å². The van der Waals surface area contributed by atoms with Crippen LogP contribution in [-0.2, 0) is 0 Å². The molecule has 5 aromatic heterocycles. The molecule has 0 fully saturated rings. The zero-order chi connectivity index (χ0) is 19.4. The van der Waals surface area contributed by atoms with Crippen molar-refractivity contribution in [2.45, 2.75) is 0 Å². The molecule has 5 aromatic rings. The molecule has 5 N–H and O–H groups in total. The third kappa shape index (κ3) is 2.26. The maximum Gasteiger partial charge on any atom is 0.322 e. The molecule has 0 spiro atoms. The van der Waals surface area contributed by atoms with Crippen LogP contribution in [0.15, 0.2) is 24.8 Å². The van der Waals surface area contributed by atoms with Gasteiger partial charge in [-0.05, 0) is 0 Å². The predicted molar refractivity (Wildman–Crippen MR) is 93.6 cm³/mol. The highest BCUT2D eigenvalue weighted by atomic mass is 16.6. The van der Waals surface area contributed by atoms with Crippen molar-refractivity contribution in [2.75, 3.05) is 11.5 Å². The van der Waals surface area contributed by atoms with Gasteiger partial charge in [-0.3, -0.25) is 15.2 Å². The zero-order valence-corrected chi connectivity index (χ0v) is 13.8. The molecule has 28 heavy (non-hydrogen) atoms. The van der Waals surface area contributed by atoms with E-state index in [0.29, 0.717) is 11.1 Å². The molecule has 5 heterocycles. The molecule has 0 saturated carbocycles. The number of aromatic amines is 1. The largest absolute Gasteiger partial charge is 0.366 e. The first-order chi connectivity index (χ1) is 13.5. The highest BCUT2D eigenvalue weighted by molar-refractivity contribution is 5.81. The molecule has 138 valence electrons. The number of hydrogen-bond acceptors (Lipinski definition) is 11. The van der Waals surface area contributed by atoms with Crippen molar-refractivity contribution in [1.29, 1.82) is 0 Å². The van der Waals surface area contributed by atoms with E-state index >= 15 is 0 Å². The second-order valence-electron chi connectivity index (χ2n) is 5.67. The lowest BCUT2D eigenvalue weighted by atomic mass is 10.1. The second-order valence-corrected chi connectivity index (χ2v) is 5.67. The van der Waals surface area contributed by atoms with Crippen LogP contribution in [0.25, 0.3) is 34.1 Å². The SMILES string of the molecule is Nc1nc2ncc(-c3n[nH]c(-c4cnc5nc(N)nn5c4)c3[N+](=O)[O-])cn2n1. The molecule has 0 amide bonds. The number of hydrogen-bond donors (Lipinski definition) is 3. The normalized spacial score (nSPS) is 11.4. The van der Waals surface area contributed by atoms with E-state index < -0.39 is 4.92 Å². The van der Waals surface area contributed by atoms with E-state index in [-0.39, 0.29) is 40.5 Å². The Balaban J connectivity index is 1.68. The third-order valence-electron chi connectivity index (χ3n) is 3.91. The van der Waals surface area contributed by atoms with Crippen molar-refractivity contribution < 1.29 is 4.92 Å². The first-order valence-corrected chi connectivity index (χ1v) is 7.69. The van der Waals surface area contributed by atoms with Crippen molar-refractivity contribution in [1.82, 2.24) is 49.4 Å². The van der Waals surface area contributed by atoms with Crippen molar-refractivity contribution in [2.24, 2.45) is 0 Å².